The van der Waals surface area contributed by atoms with Crippen LogP contribution in [0.2, 0.25) is 0 Å². The van der Waals surface area contributed by atoms with Gasteiger partial charge in [-0.05, 0) is 24.1 Å². The lowest BCUT2D eigenvalue weighted by Gasteiger charge is -2.06. The van der Waals surface area contributed by atoms with Gasteiger partial charge in [-0.25, -0.2) is 0 Å². The zero-order valence-electron chi connectivity index (χ0n) is 13.2. The average molecular weight is 334 g/mol. The van der Waals surface area contributed by atoms with Crippen LogP contribution in [0.1, 0.15) is 16.9 Å². The second-order valence-electron chi connectivity index (χ2n) is 5.99. The first-order valence-electron chi connectivity index (χ1n) is 8.04. The van der Waals surface area contributed by atoms with Crippen LogP contribution in [0, 0.1) is 0 Å². The Bertz CT molecular complexity index is 1010. The highest BCUT2D eigenvalue weighted by Gasteiger charge is 2.14. The van der Waals surface area contributed by atoms with Crippen LogP contribution in [-0.4, -0.2) is 10.5 Å². The maximum absolute atomic E-state index is 11.1. The molecule has 120 valence electrons. The van der Waals surface area contributed by atoms with E-state index >= 15 is 0 Å². The lowest BCUT2D eigenvalue weighted by atomic mass is 10.2. The Balaban J connectivity index is 1.83. The molecule has 4 heteroatoms. The number of benzene rings is 2. The van der Waals surface area contributed by atoms with Gasteiger partial charge in [0.05, 0.1) is 5.52 Å². The molecule has 0 unspecified atom stereocenters. The number of carbonyl (C=O) groups excluding carboxylic acids is 1. The number of thiophene rings is 1. The van der Waals surface area contributed by atoms with Crippen LogP contribution in [-0.2, 0) is 17.8 Å². The Hall–Kier alpha value is -2.59. The Labute approximate surface area is 144 Å². The number of aromatic nitrogens is 1. The lowest BCUT2D eigenvalue weighted by molar-refractivity contribution is -0.117. The number of hydrogen-bond donors (Lipinski definition) is 1. The predicted molar refractivity (Wildman–Crippen MR) is 100 cm³/mol. The summed E-state index contributed by atoms with van der Waals surface area (Å²) in [6, 6.07) is 21.2. The molecule has 2 N–H and O–H groups in total. The Morgan fingerprint density at radius 3 is 2.54 bits per heavy atom. The van der Waals surface area contributed by atoms with Crippen molar-refractivity contribution in [2.75, 3.05) is 0 Å². The molecule has 2 aromatic heterocycles. The lowest BCUT2D eigenvalue weighted by Crippen LogP contribution is -2.10. The Kier molecular flexibility index (Phi) is 3.82. The van der Waals surface area contributed by atoms with E-state index in [1.807, 2.05) is 6.07 Å². The van der Waals surface area contributed by atoms with Gasteiger partial charge in [0.1, 0.15) is 4.83 Å². The van der Waals surface area contributed by atoms with Gasteiger partial charge in [-0.3, -0.25) is 4.79 Å². The summed E-state index contributed by atoms with van der Waals surface area (Å²) in [7, 11) is 0. The fraction of sp³-hybridized carbons (Fsp3) is 0.150. The minimum atomic E-state index is -0.245. The summed E-state index contributed by atoms with van der Waals surface area (Å²) in [5.74, 6) is -0.245. The molecule has 0 bridgehead atoms. The van der Waals surface area contributed by atoms with Gasteiger partial charge in [0.15, 0.2) is 0 Å². The summed E-state index contributed by atoms with van der Waals surface area (Å²) in [6.07, 6.45) is 1.12. The Morgan fingerprint density at radius 2 is 1.75 bits per heavy atom. The van der Waals surface area contributed by atoms with Gasteiger partial charge in [-0.2, -0.15) is 0 Å². The van der Waals surface area contributed by atoms with Gasteiger partial charge in [-0.15, -0.1) is 11.3 Å². The van der Waals surface area contributed by atoms with Crippen molar-refractivity contribution < 1.29 is 4.79 Å². The second kappa shape index (κ2) is 6.13. The van der Waals surface area contributed by atoms with E-state index in [-0.39, 0.29) is 5.91 Å². The molecule has 4 aromatic rings. The molecule has 0 aliphatic carbocycles. The number of primary amides is 1. The molecule has 0 fully saturated rings. The minimum Gasteiger partial charge on any atom is -0.370 e. The quantitative estimate of drug-likeness (QED) is 0.580. The SMILES string of the molecule is NC(=O)CCc1cc2c3ccccc3n(Cc3ccccc3)c2s1. The third-order valence-electron chi connectivity index (χ3n) is 4.29. The standard InChI is InChI=1S/C20H18N2OS/c21-19(23)11-10-15-12-17-16-8-4-5-9-18(16)22(20(17)24-15)13-14-6-2-1-3-7-14/h1-9,12H,10-11,13H2,(H2,21,23). The number of aryl methyl sites for hydroxylation is 1. The van der Waals surface area contributed by atoms with Gasteiger partial charge in [0, 0.05) is 28.6 Å². The monoisotopic (exact) mass is 334 g/mol. The normalized spacial score (nSPS) is 11.3. The highest BCUT2D eigenvalue weighted by Crippen LogP contribution is 2.36. The highest BCUT2D eigenvalue weighted by atomic mass is 32.1. The number of nitrogens with zero attached hydrogens (tertiary/aromatic N) is 1. The molecule has 3 nitrogen and oxygen atoms in total. The van der Waals surface area contributed by atoms with E-state index in [1.54, 1.807) is 11.3 Å². The summed E-state index contributed by atoms with van der Waals surface area (Å²) >= 11 is 1.77. The number of hydrogen-bond acceptors (Lipinski definition) is 2. The van der Waals surface area contributed by atoms with Crippen molar-refractivity contribution in [2.45, 2.75) is 19.4 Å². The molecule has 0 aliphatic heterocycles. The molecule has 2 heterocycles. The van der Waals surface area contributed by atoms with Crippen LogP contribution in [0.3, 0.4) is 0 Å². The third-order valence-corrected chi connectivity index (χ3v) is 5.51. The molecule has 0 aliphatic rings. The number of fused-ring (bicyclic) bond motifs is 3. The molecule has 0 saturated heterocycles. The largest absolute Gasteiger partial charge is 0.370 e. The number of amides is 1. The van der Waals surface area contributed by atoms with Crippen molar-refractivity contribution in [2.24, 2.45) is 5.73 Å². The van der Waals surface area contributed by atoms with Gasteiger partial charge in [-0.1, -0.05) is 48.5 Å². The van der Waals surface area contributed by atoms with E-state index in [0.717, 1.165) is 6.54 Å². The van der Waals surface area contributed by atoms with Crippen molar-refractivity contribution in [3.63, 3.8) is 0 Å². The van der Waals surface area contributed by atoms with E-state index in [1.165, 1.54) is 31.6 Å². The van der Waals surface area contributed by atoms with Crippen LogP contribution in [0.25, 0.3) is 21.1 Å². The predicted octanol–water partition coefficient (Wildman–Crippen LogP) is 4.32. The smallest absolute Gasteiger partial charge is 0.217 e. The molecule has 0 spiro atoms. The van der Waals surface area contributed by atoms with Crippen LogP contribution in [0.15, 0.2) is 60.7 Å². The van der Waals surface area contributed by atoms with E-state index in [4.69, 9.17) is 5.73 Å². The molecule has 4 rings (SSSR count). The van der Waals surface area contributed by atoms with Crippen molar-refractivity contribution in [3.8, 4) is 0 Å². The fourth-order valence-electron chi connectivity index (χ4n) is 3.16. The van der Waals surface area contributed by atoms with E-state index in [0.29, 0.717) is 12.8 Å². The first kappa shape index (κ1) is 15.0. The second-order valence-corrected chi connectivity index (χ2v) is 7.10. The number of carbonyl (C=O) groups is 1. The molecule has 2 aromatic carbocycles. The van der Waals surface area contributed by atoms with E-state index in [2.05, 4.69) is 59.2 Å². The summed E-state index contributed by atoms with van der Waals surface area (Å²) < 4.78 is 2.37. The summed E-state index contributed by atoms with van der Waals surface area (Å²) in [6.45, 7) is 0.848. The van der Waals surface area contributed by atoms with Crippen LogP contribution >= 0.6 is 11.3 Å². The molecule has 0 saturated carbocycles. The van der Waals surface area contributed by atoms with Gasteiger partial charge in [0.25, 0.3) is 0 Å². The average Bonchev–Trinajstić information content (AvgIpc) is 3.13. The van der Waals surface area contributed by atoms with Crippen LogP contribution in [0.4, 0.5) is 0 Å². The first-order valence-corrected chi connectivity index (χ1v) is 8.86. The Morgan fingerprint density at radius 1 is 1.00 bits per heavy atom. The zero-order valence-corrected chi connectivity index (χ0v) is 14.1. The summed E-state index contributed by atoms with van der Waals surface area (Å²) in [5, 5.41) is 2.54. The zero-order chi connectivity index (χ0) is 16.5. The number of nitrogens with two attached hydrogens (primary N) is 1. The third kappa shape index (κ3) is 2.69. The highest BCUT2D eigenvalue weighted by molar-refractivity contribution is 7.19. The van der Waals surface area contributed by atoms with Gasteiger partial charge < -0.3 is 10.3 Å². The van der Waals surface area contributed by atoms with Crippen LogP contribution in [0.5, 0.6) is 0 Å². The minimum absolute atomic E-state index is 0.245. The van der Waals surface area contributed by atoms with Crippen molar-refractivity contribution in [1.29, 1.82) is 0 Å². The summed E-state index contributed by atoms with van der Waals surface area (Å²) in [5.41, 5.74) is 7.83. The molecular weight excluding hydrogens is 316 g/mol. The van der Waals surface area contributed by atoms with Crippen LogP contribution < -0.4 is 5.73 Å². The van der Waals surface area contributed by atoms with E-state index in [9.17, 15) is 4.79 Å². The number of para-hydroxylation sites is 1. The molecule has 24 heavy (non-hydrogen) atoms. The number of rotatable bonds is 5. The van der Waals surface area contributed by atoms with E-state index < -0.39 is 0 Å². The van der Waals surface area contributed by atoms with Gasteiger partial charge >= 0.3 is 0 Å². The molecular formula is C20H18N2OS. The maximum Gasteiger partial charge on any atom is 0.217 e. The van der Waals surface area contributed by atoms with Crippen molar-refractivity contribution in [3.05, 3.63) is 71.1 Å². The molecule has 1 amide bonds. The van der Waals surface area contributed by atoms with Gasteiger partial charge in [0.2, 0.25) is 5.91 Å². The maximum atomic E-state index is 11.1. The topological polar surface area (TPSA) is 48.0 Å². The summed E-state index contributed by atoms with van der Waals surface area (Å²) in [4.78, 5) is 13.5. The van der Waals surface area contributed by atoms with Crippen molar-refractivity contribution >= 4 is 38.4 Å². The molecule has 0 atom stereocenters. The molecule has 0 radical (unpaired) electrons. The first-order chi connectivity index (χ1) is 11.7. The van der Waals surface area contributed by atoms with Crippen molar-refractivity contribution in [1.82, 2.24) is 4.57 Å². The fourth-order valence-corrected chi connectivity index (χ4v) is 4.34.